The Kier molecular flexibility index (Phi) is 4.84. The van der Waals surface area contributed by atoms with Crippen molar-refractivity contribution >= 4 is 38.9 Å². The highest BCUT2D eigenvalue weighted by Gasteiger charge is 2.14. The summed E-state index contributed by atoms with van der Waals surface area (Å²) in [7, 11) is 2.00. The Morgan fingerprint density at radius 1 is 1.39 bits per heavy atom. The third-order valence-corrected chi connectivity index (χ3v) is 5.38. The molecule has 18 heavy (non-hydrogen) atoms. The molecule has 0 amide bonds. The van der Waals surface area contributed by atoms with Crippen molar-refractivity contribution in [1.82, 2.24) is 5.32 Å². The van der Waals surface area contributed by atoms with Crippen LogP contribution in [0.25, 0.3) is 0 Å². The van der Waals surface area contributed by atoms with E-state index in [0.29, 0.717) is 6.04 Å². The van der Waals surface area contributed by atoms with Gasteiger partial charge in [-0.15, -0.1) is 11.3 Å². The van der Waals surface area contributed by atoms with Gasteiger partial charge in [0.25, 0.3) is 0 Å². The van der Waals surface area contributed by atoms with E-state index in [2.05, 4.69) is 40.3 Å². The lowest BCUT2D eigenvalue weighted by atomic mass is 10.0. The van der Waals surface area contributed by atoms with Crippen LogP contribution >= 0.6 is 38.9 Å². The van der Waals surface area contributed by atoms with Crippen LogP contribution in [-0.4, -0.2) is 7.05 Å². The Morgan fingerprint density at radius 2 is 2.17 bits per heavy atom. The molecule has 1 heterocycles. The molecule has 2 aromatic rings. The molecule has 1 nitrogen and oxygen atoms in total. The molecule has 1 atom stereocenters. The Hall–Kier alpha value is -0.350. The number of halogens is 2. The Bertz CT molecular complexity index is 519. The van der Waals surface area contributed by atoms with Gasteiger partial charge < -0.3 is 5.32 Å². The fourth-order valence-corrected chi connectivity index (χ4v) is 3.78. The van der Waals surface area contributed by atoms with Gasteiger partial charge in [-0.05, 0) is 60.1 Å². The number of nitrogens with one attached hydrogen (secondary N) is 1. The van der Waals surface area contributed by atoms with Gasteiger partial charge in [0.2, 0.25) is 0 Å². The van der Waals surface area contributed by atoms with Crippen molar-refractivity contribution < 1.29 is 0 Å². The van der Waals surface area contributed by atoms with Crippen LogP contribution in [0.3, 0.4) is 0 Å². The molecule has 1 aromatic heterocycles. The van der Waals surface area contributed by atoms with Gasteiger partial charge in [-0.1, -0.05) is 23.7 Å². The first-order valence-corrected chi connectivity index (χ1v) is 7.76. The Balaban J connectivity index is 2.19. The quantitative estimate of drug-likeness (QED) is 0.825. The summed E-state index contributed by atoms with van der Waals surface area (Å²) in [5.74, 6) is 0. The van der Waals surface area contributed by atoms with Gasteiger partial charge >= 0.3 is 0 Å². The molecular formula is C14H15BrClNS. The van der Waals surface area contributed by atoms with E-state index in [9.17, 15) is 0 Å². The maximum Gasteiger partial charge on any atom is 0.0453 e. The second-order valence-corrected chi connectivity index (χ2v) is 6.81. The average Bonchev–Trinajstić information content (AvgIpc) is 2.66. The van der Waals surface area contributed by atoms with Crippen LogP contribution in [0.5, 0.6) is 0 Å². The van der Waals surface area contributed by atoms with Crippen LogP contribution in [0.1, 0.15) is 21.4 Å². The second kappa shape index (κ2) is 6.20. The van der Waals surface area contributed by atoms with E-state index in [0.717, 1.165) is 11.4 Å². The van der Waals surface area contributed by atoms with Crippen molar-refractivity contribution in [2.75, 3.05) is 7.05 Å². The molecule has 0 saturated carbocycles. The van der Waals surface area contributed by atoms with Crippen LogP contribution in [0.2, 0.25) is 5.02 Å². The van der Waals surface area contributed by atoms with Gasteiger partial charge in [-0.3, -0.25) is 0 Å². The summed E-state index contributed by atoms with van der Waals surface area (Å²) in [6.45, 7) is 2.13. The smallest absolute Gasteiger partial charge is 0.0453 e. The number of hydrogen-bond acceptors (Lipinski definition) is 2. The lowest BCUT2D eigenvalue weighted by molar-refractivity contribution is 0.602. The van der Waals surface area contributed by atoms with Crippen LogP contribution in [0.15, 0.2) is 34.8 Å². The van der Waals surface area contributed by atoms with Crippen molar-refractivity contribution in [2.45, 2.75) is 19.4 Å². The summed E-state index contributed by atoms with van der Waals surface area (Å²) in [4.78, 5) is 2.66. The standard InChI is InChI=1S/C14H15BrClNS/c1-9-12(15)8-14(18-9)13(17-2)7-10-4-3-5-11(16)6-10/h3-6,8,13,17H,7H2,1-2H3. The minimum absolute atomic E-state index is 0.332. The molecule has 1 N–H and O–H groups in total. The van der Waals surface area contributed by atoms with Gasteiger partial charge in [0.15, 0.2) is 0 Å². The first-order valence-electron chi connectivity index (χ1n) is 5.77. The number of hydrogen-bond donors (Lipinski definition) is 1. The van der Waals surface area contributed by atoms with E-state index in [-0.39, 0.29) is 0 Å². The van der Waals surface area contributed by atoms with Crippen molar-refractivity contribution in [1.29, 1.82) is 0 Å². The van der Waals surface area contributed by atoms with Gasteiger partial charge in [0, 0.05) is 25.3 Å². The third kappa shape index (κ3) is 3.35. The summed E-state index contributed by atoms with van der Waals surface area (Å²) >= 11 is 11.4. The van der Waals surface area contributed by atoms with Crippen molar-refractivity contribution in [3.63, 3.8) is 0 Å². The van der Waals surface area contributed by atoms with Gasteiger partial charge in [-0.2, -0.15) is 0 Å². The highest BCUT2D eigenvalue weighted by Crippen LogP contribution is 2.32. The maximum atomic E-state index is 6.02. The highest BCUT2D eigenvalue weighted by molar-refractivity contribution is 9.10. The molecule has 96 valence electrons. The van der Waals surface area contributed by atoms with Gasteiger partial charge in [0.05, 0.1) is 0 Å². The molecule has 2 rings (SSSR count). The molecule has 0 bridgehead atoms. The van der Waals surface area contributed by atoms with Crippen LogP contribution in [0.4, 0.5) is 0 Å². The van der Waals surface area contributed by atoms with E-state index >= 15 is 0 Å². The Morgan fingerprint density at radius 3 is 2.72 bits per heavy atom. The average molecular weight is 345 g/mol. The second-order valence-electron chi connectivity index (χ2n) is 4.23. The number of likely N-dealkylation sites (N-methyl/N-ethyl adjacent to an activating group) is 1. The van der Waals surface area contributed by atoms with Crippen molar-refractivity contribution in [3.05, 3.63) is 55.1 Å². The molecule has 0 aliphatic carbocycles. The van der Waals surface area contributed by atoms with Crippen molar-refractivity contribution in [2.24, 2.45) is 0 Å². The molecule has 0 aliphatic rings. The van der Waals surface area contributed by atoms with E-state index in [4.69, 9.17) is 11.6 Å². The first-order chi connectivity index (χ1) is 8.60. The highest BCUT2D eigenvalue weighted by atomic mass is 79.9. The van der Waals surface area contributed by atoms with Gasteiger partial charge in [0.1, 0.15) is 0 Å². The van der Waals surface area contributed by atoms with Crippen LogP contribution in [0, 0.1) is 6.92 Å². The zero-order valence-electron chi connectivity index (χ0n) is 10.3. The molecule has 4 heteroatoms. The minimum atomic E-state index is 0.332. The minimum Gasteiger partial charge on any atom is -0.312 e. The lowest BCUT2D eigenvalue weighted by Gasteiger charge is -2.14. The van der Waals surface area contributed by atoms with E-state index in [1.54, 1.807) is 0 Å². The fraction of sp³-hybridized carbons (Fsp3) is 0.286. The summed E-state index contributed by atoms with van der Waals surface area (Å²) in [5, 5.41) is 4.17. The van der Waals surface area contributed by atoms with Gasteiger partial charge in [-0.25, -0.2) is 0 Å². The molecule has 0 radical (unpaired) electrons. The molecular weight excluding hydrogens is 330 g/mol. The summed E-state index contributed by atoms with van der Waals surface area (Å²) in [5.41, 5.74) is 1.25. The molecule has 0 aliphatic heterocycles. The Labute approximate surface area is 125 Å². The lowest BCUT2D eigenvalue weighted by Crippen LogP contribution is -2.17. The zero-order valence-corrected chi connectivity index (χ0v) is 13.5. The largest absolute Gasteiger partial charge is 0.312 e. The molecule has 0 spiro atoms. The number of rotatable bonds is 4. The molecule has 1 aromatic carbocycles. The monoisotopic (exact) mass is 343 g/mol. The van der Waals surface area contributed by atoms with Crippen LogP contribution < -0.4 is 5.32 Å². The number of benzene rings is 1. The van der Waals surface area contributed by atoms with E-state index in [1.165, 1.54) is 19.8 Å². The number of thiophene rings is 1. The predicted molar refractivity (Wildman–Crippen MR) is 83.7 cm³/mol. The van der Waals surface area contributed by atoms with Crippen molar-refractivity contribution in [3.8, 4) is 0 Å². The summed E-state index contributed by atoms with van der Waals surface area (Å²) in [6, 6.07) is 10.6. The normalized spacial score (nSPS) is 12.7. The predicted octanol–water partition coefficient (Wildman–Crippen LogP) is 4.98. The molecule has 0 saturated heterocycles. The topological polar surface area (TPSA) is 12.0 Å². The fourth-order valence-electron chi connectivity index (χ4n) is 1.90. The third-order valence-electron chi connectivity index (χ3n) is 2.90. The summed E-state index contributed by atoms with van der Waals surface area (Å²) in [6.07, 6.45) is 0.948. The van der Waals surface area contributed by atoms with E-state index < -0.39 is 0 Å². The zero-order chi connectivity index (χ0) is 13.1. The number of aryl methyl sites for hydroxylation is 1. The summed E-state index contributed by atoms with van der Waals surface area (Å²) < 4.78 is 1.19. The maximum absolute atomic E-state index is 6.02. The first kappa shape index (κ1) is 14.1. The molecule has 0 fully saturated rings. The SMILES string of the molecule is CNC(Cc1cccc(Cl)c1)c1cc(Br)c(C)s1. The van der Waals surface area contributed by atoms with Crippen LogP contribution in [-0.2, 0) is 6.42 Å². The van der Waals surface area contributed by atoms with E-state index in [1.807, 2.05) is 36.6 Å². The molecule has 1 unspecified atom stereocenters.